The Hall–Kier alpha value is -1.50. The van der Waals surface area contributed by atoms with Crippen molar-refractivity contribution in [3.05, 3.63) is 60.4 Å². The van der Waals surface area contributed by atoms with Crippen LogP contribution in [0.3, 0.4) is 0 Å². The molecule has 1 heteroatoms. The van der Waals surface area contributed by atoms with E-state index in [9.17, 15) is 0 Å². The molecule has 0 aromatic carbocycles. The maximum Gasteiger partial charge on any atom is 0.0551 e. The second-order valence-corrected chi connectivity index (χ2v) is 3.54. The average Bonchev–Trinajstić information content (AvgIpc) is 2.69. The minimum Gasteiger partial charge on any atom is -0.378 e. The van der Waals surface area contributed by atoms with E-state index in [4.69, 9.17) is 0 Å². The molecule has 0 aromatic rings. The largest absolute Gasteiger partial charge is 0.378 e. The number of allylic oxidation sites excluding steroid dienone is 5. The van der Waals surface area contributed by atoms with Crippen LogP contribution in [0.1, 0.15) is 20.8 Å². The van der Waals surface area contributed by atoms with Gasteiger partial charge in [-0.25, -0.2) is 0 Å². The van der Waals surface area contributed by atoms with Crippen molar-refractivity contribution in [2.75, 3.05) is 0 Å². The molecule has 2 unspecified atom stereocenters. The van der Waals surface area contributed by atoms with Gasteiger partial charge in [0.1, 0.15) is 0 Å². The highest BCUT2D eigenvalue weighted by atomic mass is 15.0. The molecule has 16 heavy (non-hydrogen) atoms. The molecular formula is C15H21N. The van der Waals surface area contributed by atoms with Crippen molar-refractivity contribution >= 4 is 0 Å². The van der Waals surface area contributed by atoms with E-state index in [0.29, 0.717) is 12.0 Å². The Morgan fingerprint density at radius 1 is 1.25 bits per heavy atom. The molecule has 2 rings (SSSR count). The third-order valence-corrected chi connectivity index (χ3v) is 2.68. The highest BCUT2D eigenvalue weighted by Gasteiger charge is 2.28. The normalized spacial score (nSPS) is 26.2. The summed E-state index contributed by atoms with van der Waals surface area (Å²) in [5, 5.41) is 3.48. The Morgan fingerprint density at radius 2 is 1.94 bits per heavy atom. The summed E-state index contributed by atoms with van der Waals surface area (Å²) in [5.74, 6) is 0.462. The van der Waals surface area contributed by atoms with E-state index in [1.54, 1.807) is 0 Å². The maximum atomic E-state index is 3.88. The van der Waals surface area contributed by atoms with Crippen LogP contribution in [0.4, 0.5) is 0 Å². The van der Waals surface area contributed by atoms with E-state index in [2.05, 4.69) is 48.4 Å². The maximum absolute atomic E-state index is 3.88. The number of rotatable bonds is 2. The van der Waals surface area contributed by atoms with E-state index in [0.717, 1.165) is 0 Å². The van der Waals surface area contributed by atoms with Gasteiger partial charge in [0.15, 0.2) is 0 Å². The molecule has 1 N–H and O–H groups in total. The first-order valence-electron chi connectivity index (χ1n) is 5.97. The van der Waals surface area contributed by atoms with Gasteiger partial charge in [0.25, 0.3) is 0 Å². The molecule has 0 fully saturated rings. The van der Waals surface area contributed by atoms with Gasteiger partial charge in [-0.2, -0.15) is 0 Å². The highest BCUT2D eigenvalue weighted by molar-refractivity contribution is 5.44. The minimum absolute atomic E-state index is 0.416. The van der Waals surface area contributed by atoms with E-state index in [-0.39, 0.29) is 0 Å². The number of nitrogens with one attached hydrogen (secondary N) is 1. The van der Waals surface area contributed by atoms with Gasteiger partial charge in [-0.05, 0) is 18.6 Å². The van der Waals surface area contributed by atoms with Crippen molar-refractivity contribution in [1.82, 2.24) is 5.32 Å². The lowest BCUT2D eigenvalue weighted by Gasteiger charge is -2.17. The molecule has 1 aliphatic carbocycles. The number of fused-ring (bicyclic) bond motifs is 1. The van der Waals surface area contributed by atoms with E-state index >= 15 is 0 Å². The van der Waals surface area contributed by atoms with Crippen molar-refractivity contribution in [2.24, 2.45) is 5.92 Å². The van der Waals surface area contributed by atoms with Gasteiger partial charge in [-0.1, -0.05) is 56.9 Å². The Kier molecular flexibility index (Phi) is 4.84. The lowest BCUT2D eigenvalue weighted by Crippen LogP contribution is -2.26. The zero-order chi connectivity index (χ0) is 12.0. The summed E-state index contributed by atoms with van der Waals surface area (Å²) in [4.78, 5) is 0. The van der Waals surface area contributed by atoms with Crippen molar-refractivity contribution in [1.29, 1.82) is 0 Å². The average molecular weight is 215 g/mol. The monoisotopic (exact) mass is 215 g/mol. The molecule has 0 amide bonds. The molecule has 0 bridgehead atoms. The highest BCUT2D eigenvalue weighted by Crippen LogP contribution is 2.31. The van der Waals surface area contributed by atoms with Crippen LogP contribution in [0, 0.1) is 5.92 Å². The SMILES string of the molecule is C=CC1=C(/C=C\C)NC2C=CC=CC12.CC. The van der Waals surface area contributed by atoms with Crippen LogP contribution in [0.2, 0.25) is 0 Å². The third kappa shape index (κ3) is 2.35. The first-order chi connectivity index (χ1) is 7.86. The fourth-order valence-electron chi connectivity index (χ4n) is 2.04. The molecule has 1 aliphatic heterocycles. The molecule has 2 aliphatic rings. The standard InChI is InChI=1S/C13H15N.C2H6/c1-3-7-12-10(4-2)11-8-5-6-9-13(11)14-12;1-2/h3-9,11,13-14H,2H2,1H3;1-2H3/b7-3-;. The van der Waals surface area contributed by atoms with E-state index in [1.165, 1.54) is 11.3 Å². The molecule has 2 atom stereocenters. The van der Waals surface area contributed by atoms with Gasteiger partial charge in [0.05, 0.1) is 6.04 Å². The summed E-state index contributed by atoms with van der Waals surface area (Å²) in [6.45, 7) is 9.91. The van der Waals surface area contributed by atoms with Crippen LogP contribution < -0.4 is 5.32 Å². The van der Waals surface area contributed by atoms with Crippen LogP contribution >= 0.6 is 0 Å². The van der Waals surface area contributed by atoms with Gasteiger partial charge in [-0.15, -0.1) is 0 Å². The van der Waals surface area contributed by atoms with Gasteiger partial charge >= 0.3 is 0 Å². The first-order valence-corrected chi connectivity index (χ1v) is 5.97. The summed E-state index contributed by atoms with van der Waals surface area (Å²) in [6.07, 6.45) is 14.7. The van der Waals surface area contributed by atoms with Gasteiger partial charge in [0, 0.05) is 11.6 Å². The Morgan fingerprint density at radius 3 is 2.56 bits per heavy atom. The Labute approximate surface area is 98.9 Å². The van der Waals surface area contributed by atoms with Gasteiger partial charge in [-0.3, -0.25) is 0 Å². The second kappa shape index (κ2) is 6.16. The lowest BCUT2D eigenvalue weighted by atomic mass is 9.91. The van der Waals surface area contributed by atoms with Crippen molar-refractivity contribution < 1.29 is 0 Å². The van der Waals surface area contributed by atoms with Crippen molar-refractivity contribution in [3.63, 3.8) is 0 Å². The van der Waals surface area contributed by atoms with Crippen LogP contribution in [-0.4, -0.2) is 6.04 Å². The number of hydrogen-bond donors (Lipinski definition) is 1. The zero-order valence-electron chi connectivity index (χ0n) is 10.4. The molecule has 86 valence electrons. The molecule has 0 saturated heterocycles. The van der Waals surface area contributed by atoms with Crippen LogP contribution in [0.15, 0.2) is 60.4 Å². The fourth-order valence-corrected chi connectivity index (χ4v) is 2.04. The van der Waals surface area contributed by atoms with Crippen LogP contribution in [-0.2, 0) is 0 Å². The second-order valence-electron chi connectivity index (χ2n) is 3.54. The summed E-state index contributed by atoms with van der Waals surface area (Å²) in [5.41, 5.74) is 2.50. The topological polar surface area (TPSA) is 12.0 Å². The molecule has 0 spiro atoms. The quantitative estimate of drug-likeness (QED) is 0.740. The van der Waals surface area contributed by atoms with Gasteiger partial charge in [0.2, 0.25) is 0 Å². The van der Waals surface area contributed by atoms with Crippen molar-refractivity contribution in [3.8, 4) is 0 Å². The predicted molar refractivity (Wildman–Crippen MR) is 72.1 cm³/mol. The van der Waals surface area contributed by atoms with Crippen LogP contribution in [0.5, 0.6) is 0 Å². The Bertz CT molecular complexity index is 356. The predicted octanol–water partition coefficient (Wildman–Crippen LogP) is 3.74. The van der Waals surface area contributed by atoms with E-state index < -0.39 is 0 Å². The first kappa shape index (κ1) is 12.6. The summed E-state index contributed by atoms with van der Waals surface area (Å²) >= 11 is 0. The fraction of sp³-hybridized carbons (Fsp3) is 0.333. The number of hydrogen-bond acceptors (Lipinski definition) is 1. The molecule has 1 heterocycles. The smallest absolute Gasteiger partial charge is 0.0551 e. The molecule has 0 aromatic heterocycles. The molecular weight excluding hydrogens is 194 g/mol. The van der Waals surface area contributed by atoms with Crippen molar-refractivity contribution in [2.45, 2.75) is 26.8 Å². The summed E-state index contributed by atoms with van der Waals surface area (Å²) in [6, 6.07) is 0.416. The van der Waals surface area contributed by atoms with E-state index in [1.807, 2.05) is 26.8 Å². The molecule has 1 nitrogen and oxygen atoms in total. The summed E-state index contributed by atoms with van der Waals surface area (Å²) in [7, 11) is 0. The Balaban J connectivity index is 0.000000606. The van der Waals surface area contributed by atoms with Gasteiger partial charge < -0.3 is 5.32 Å². The third-order valence-electron chi connectivity index (χ3n) is 2.68. The zero-order valence-corrected chi connectivity index (χ0v) is 10.4. The molecule has 0 saturated carbocycles. The van der Waals surface area contributed by atoms with Crippen LogP contribution in [0.25, 0.3) is 0 Å². The lowest BCUT2D eigenvalue weighted by molar-refractivity contribution is 0.633. The summed E-state index contributed by atoms with van der Waals surface area (Å²) < 4.78 is 0. The molecule has 0 radical (unpaired) electrons. The minimum atomic E-state index is 0.416.